The Kier molecular flexibility index (Phi) is 4.40. The van der Waals surface area contributed by atoms with Crippen molar-refractivity contribution in [1.29, 1.82) is 0 Å². The predicted octanol–water partition coefficient (Wildman–Crippen LogP) is 2.66. The van der Waals surface area contributed by atoms with Crippen LogP contribution in [0.2, 0.25) is 0 Å². The number of aldehydes is 1. The van der Waals surface area contributed by atoms with Crippen LogP contribution in [0.25, 0.3) is 11.3 Å². The Hall–Kier alpha value is -2.30. The molecule has 1 aromatic heterocycles. The number of nitrogens with zero attached hydrogens (tertiary/aromatic N) is 2. The molecule has 0 aliphatic rings. The first-order valence-corrected chi connectivity index (χ1v) is 6.49. The van der Waals surface area contributed by atoms with E-state index < -0.39 is 0 Å². The first-order chi connectivity index (χ1) is 9.65. The van der Waals surface area contributed by atoms with Crippen LogP contribution in [-0.4, -0.2) is 16.1 Å². The summed E-state index contributed by atoms with van der Waals surface area (Å²) < 4.78 is 14.2. The number of hydrogen-bond donors (Lipinski definition) is 0. The number of aryl methyl sites for hydroxylation is 1. The highest BCUT2D eigenvalue weighted by molar-refractivity contribution is 5.76. The lowest BCUT2D eigenvalue weighted by atomic mass is 10.1. The highest BCUT2D eigenvalue weighted by Gasteiger charge is 2.09. The third kappa shape index (κ3) is 2.99. The van der Waals surface area contributed by atoms with Gasteiger partial charge in [-0.05, 0) is 36.8 Å². The van der Waals surface area contributed by atoms with E-state index in [2.05, 4.69) is 5.10 Å². The van der Waals surface area contributed by atoms with Crippen molar-refractivity contribution < 1.29 is 9.18 Å². The molecule has 1 heterocycles. The number of benzene rings is 1. The Labute approximate surface area is 115 Å². The molecule has 0 radical (unpaired) electrons. The first-order valence-electron chi connectivity index (χ1n) is 6.49. The van der Waals surface area contributed by atoms with Crippen LogP contribution >= 0.6 is 0 Å². The second-order valence-electron chi connectivity index (χ2n) is 4.49. The summed E-state index contributed by atoms with van der Waals surface area (Å²) in [7, 11) is 0. The number of carbonyl (C=O) groups is 1. The van der Waals surface area contributed by atoms with Gasteiger partial charge in [-0.1, -0.05) is 13.3 Å². The molecule has 0 saturated heterocycles. The van der Waals surface area contributed by atoms with E-state index in [0.29, 0.717) is 24.1 Å². The van der Waals surface area contributed by atoms with E-state index in [0.717, 1.165) is 12.8 Å². The summed E-state index contributed by atoms with van der Waals surface area (Å²) in [6.45, 7) is 2.47. The molecule has 4 nitrogen and oxygen atoms in total. The van der Waals surface area contributed by atoms with Gasteiger partial charge < -0.3 is 0 Å². The van der Waals surface area contributed by atoms with Gasteiger partial charge in [0.25, 0.3) is 5.56 Å². The van der Waals surface area contributed by atoms with E-state index in [4.69, 9.17) is 0 Å². The minimum Gasteiger partial charge on any atom is -0.298 e. The van der Waals surface area contributed by atoms with Crippen LogP contribution in [0, 0.1) is 5.82 Å². The molecule has 0 bridgehead atoms. The van der Waals surface area contributed by atoms with Gasteiger partial charge in [0.15, 0.2) is 6.29 Å². The van der Waals surface area contributed by atoms with Gasteiger partial charge in [0.2, 0.25) is 0 Å². The highest BCUT2D eigenvalue weighted by atomic mass is 19.1. The number of aromatic nitrogens is 2. The van der Waals surface area contributed by atoms with Gasteiger partial charge >= 0.3 is 0 Å². The maximum absolute atomic E-state index is 12.9. The lowest BCUT2D eigenvalue weighted by Gasteiger charge is -2.08. The fourth-order valence-electron chi connectivity index (χ4n) is 1.87. The van der Waals surface area contributed by atoms with Crippen LogP contribution < -0.4 is 5.56 Å². The Bertz CT molecular complexity index is 663. The molecule has 0 fully saturated rings. The van der Waals surface area contributed by atoms with Crippen LogP contribution in [0.1, 0.15) is 30.1 Å². The van der Waals surface area contributed by atoms with Crippen molar-refractivity contribution in [2.75, 3.05) is 0 Å². The summed E-state index contributed by atoms with van der Waals surface area (Å²) in [5, 5.41) is 4.24. The molecule has 0 spiro atoms. The minimum atomic E-state index is -0.390. The predicted molar refractivity (Wildman–Crippen MR) is 74.2 cm³/mol. The van der Waals surface area contributed by atoms with Crippen LogP contribution in [-0.2, 0) is 6.54 Å². The molecule has 0 aliphatic heterocycles. The molecule has 2 aromatic rings. The number of rotatable bonds is 5. The molecule has 2 rings (SSSR count). The zero-order chi connectivity index (χ0) is 14.5. The van der Waals surface area contributed by atoms with E-state index in [1.54, 1.807) is 12.1 Å². The van der Waals surface area contributed by atoms with E-state index in [1.165, 1.54) is 22.9 Å². The molecule has 0 N–H and O–H groups in total. The monoisotopic (exact) mass is 274 g/mol. The van der Waals surface area contributed by atoms with Crippen LogP contribution in [0.3, 0.4) is 0 Å². The summed E-state index contributed by atoms with van der Waals surface area (Å²) in [6.07, 6.45) is 2.25. The maximum Gasteiger partial charge on any atom is 0.277 e. The van der Waals surface area contributed by atoms with Crippen molar-refractivity contribution in [2.45, 2.75) is 26.3 Å². The molecule has 0 saturated carbocycles. The molecule has 1 aromatic carbocycles. The fraction of sp³-hybridized carbons (Fsp3) is 0.267. The summed E-state index contributed by atoms with van der Waals surface area (Å²) in [6, 6.07) is 7.21. The molecule has 0 atom stereocenters. The fourth-order valence-corrected chi connectivity index (χ4v) is 1.87. The lowest BCUT2D eigenvalue weighted by molar-refractivity contribution is 0.112. The van der Waals surface area contributed by atoms with Gasteiger partial charge in [-0.15, -0.1) is 0 Å². The molecular weight excluding hydrogens is 259 g/mol. The topological polar surface area (TPSA) is 52.0 Å². The number of halogens is 1. The lowest BCUT2D eigenvalue weighted by Crippen LogP contribution is -2.26. The molecule has 0 aliphatic carbocycles. The minimum absolute atomic E-state index is 0.0652. The summed E-state index contributed by atoms with van der Waals surface area (Å²) in [5.41, 5.74) is 0.831. The Morgan fingerprint density at radius 1 is 1.30 bits per heavy atom. The SMILES string of the molecule is CCCCn1nc(-c2ccc(F)cc2)cc(C=O)c1=O. The molecule has 20 heavy (non-hydrogen) atoms. The van der Waals surface area contributed by atoms with Crippen molar-refractivity contribution in [3.05, 3.63) is 52.1 Å². The van der Waals surface area contributed by atoms with Gasteiger partial charge in [0.1, 0.15) is 5.82 Å². The smallest absolute Gasteiger partial charge is 0.277 e. The first kappa shape index (κ1) is 14.1. The van der Waals surface area contributed by atoms with Crippen molar-refractivity contribution in [3.8, 4) is 11.3 Å². The van der Waals surface area contributed by atoms with Gasteiger partial charge in [-0.2, -0.15) is 5.10 Å². The zero-order valence-corrected chi connectivity index (χ0v) is 11.2. The summed E-state index contributed by atoms with van der Waals surface area (Å²) >= 11 is 0. The second kappa shape index (κ2) is 6.23. The van der Waals surface area contributed by atoms with E-state index in [-0.39, 0.29) is 16.9 Å². The van der Waals surface area contributed by atoms with E-state index in [1.807, 2.05) is 6.92 Å². The van der Waals surface area contributed by atoms with Gasteiger partial charge in [-0.25, -0.2) is 9.07 Å². The second-order valence-corrected chi connectivity index (χ2v) is 4.49. The largest absolute Gasteiger partial charge is 0.298 e. The van der Waals surface area contributed by atoms with Crippen LogP contribution in [0.15, 0.2) is 35.1 Å². The van der Waals surface area contributed by atoms with Gasteiger partial charge in [-0.3, -0.25) is 9.59 Å². The van der Waals surface area contributed by atoms with Crippen molar-refractivity contribution in [2.24, 2.45) is 0 Å². The quantitative estimate of drug-likeness (QED) is 0.788. The molecular formula is C15H15FN2O2. The number of hydrogen-bond acceptors (Lipinski definition) is 3. The van der Waals surface area contributed by atoms with Crippen LogP contribution in [0.4, 0.5) is 4.39 Å². The van der Waals surface area contributed by atoms with Crippen LogP contribution in [0.5, 0.6) is 0 Å². The molecule has 5 heteroatoms. The average molecular weight is 274 g/mol. The third-order valence-electron chi connectivity index (χ3n) is 2.99. The van der Waals surface area contributed by atoms with Gasteiger partial charge in [0.05, 0.1) is 11.3 Å². The van der Waals surface area contributed by atoms with Crippen molar-refractivity contribution >= 4 is 6.29 Å². The zero-order valence-electron chi connectivity index (χ0n) is 11.2. The molecule has 104 valence electrons. The Morgan fingerprint density at radius 2 is 2.00 bits per heavy atom. The van der Waals surface area contributed by atoms with Gasteiger partial charge in [0, 0.05) is 12.1 Å². The number of carbonyl (C=O) groups excluding carboxylic acids is 1. The summed E-state index contributed by atoms with van der Waals surface area (Å²) in [4.78, 5) is 22.9. The molecule has 0 unspecified atom stereocenters. The average Bonchev–Trinajstić information content (AvgIpc) is 2.47. The Morgan fingerprint density at radius 3 is 2.60 bits per heavy atom. The molecule has 0 amide bonds. The third-order valence-corrected chi connectivity index (χ3v) is 2.99. The highest BCUT2D eigenvalue weighted by Crippen LogP contribution is 2.16. The normalized spacial score (nSPS) is 10.5. The standard InChI is InChI=1S/C15H15FN2O2/c1-2-3-8-18-15(20)12(10-19)9-14(17-18)11-4-6-13(16)7-5-11/h4-7,9-10H,2-3,8H2,1H3. The van der Waals surface area contributed by atoms with E-state index >= 15 is 0 Å². The van der Waals surface area contributed by atoms with E-state index in [9.17, 15) is 14.0 Å². The Balaban J connectivity index is 2.50. The number of unbranched alkanes of at least 4 members (excludes halogenated alkanes) is 1. The summed E-state index contributed by atoms with van der Waals surface area (Å²) in [5.74, 6) is -0.344. The van der Waals surface area contributed by atoms with Crippen molar-refractivity contribution in [1.82, 2.24) is 9.78 Å². The van der Waals surface area contributed by atoms with Crippen molar-refractivity contribution in [3.63, 3.8) is 0 Å². The maximum atomic E-state index is 12.9.